The summed E-state index contributed by atoms with van der Waals surface area (Å²) in [6.07, 6.45) is 2.10. The molecule has 0 radical (unpaired) electrons. The molecule has 11 heteroatoms. The Balaban J connectivity index is 1.74. The second-order valence-electron chi connectivity index (χ2n) is 7.60. The number of carbonyl (C=O) groups excluding carboxylic acids is 2. The second kappa shape index (κ2) is 13.1. The molecule has 1 atom stereocenters. The van der Waals surface area contributed by atoms with E-state index in [1.54, 1.807) is 18.3 Å². The van der Waals surface area contributed by atoms with Gasteiger partial charge in [-0.05, 0) is 23.1 Å². The molecule has 0 aliphatic rings. The molecule has 0 fully saturated rings. The van der Waals surface area contributed by atoms with E-state index in [1.165, 1.54) is 24.1 Å². The highest BCUT2D eigenvalue weighted by atomic mass is 35.5. The van der Waals surface area contributed by atoms with Gasteiger partial charge in [-0.2, -0.15) is 5.06 Å². The summed E-state index contributed by atoms with van der Waals surface area (Å²) < 4.78 is 26.5. The van der Waals surface area contributed by atoms with Gasteiger partial charge in [0, 0.05) is 38.1 Å². The van der Waals surface area contributed by atoms with Crippen molar-refractivity contribution in [3.63, 3.8) is 0 Å². The van der Waals surface area contributed by atoms with Crippen molar-refractivity contribution in [2.24, 2.45) is 0 Å². The van der Waals surface area contributed by atoms with E-state index in [0.29, 0.717) is 12.0 Å². The largest absolute Gasteiger partial charge is 0.312 e. The summed E-state index contributed by atoms with van der Waals surface area (Å²) in [5, 5.41) is 6.86. The number of hydrazine groups is 1. The van der Waals surface area contributed by atoms with E-state index in [2.05, 4.69) is 15.7 Å². The van der Waals surface area contributed by atoms with Gasteiger partial charge in [0.25, 0.3) is 0 Å². The van der Waals surface area contributed by atoms with E-state index in [1.807, 2.05) is 24.3 Å². The minimum atomic E-state index is -0.658. The number of halogens is 3. The summed E-state index contributed by atoms with van der Waals surface area (Å²) in [5.74, 6) is -0.674. The molecule has 1 aromatic heterocycles. The van der Waals surface area contributed by atoms with Gasteiger partial charge < -0.3 is 5.32 Å². The van der Waals surface area contributed by atoms with E-state index >= 15 is 0 Å². The Morgan fingerprint density at radius 2 is 2.00 bits per heavy atom. The van der Waals surface area contributed by atoms with Gasteiger partial charge in [-0.1, -0.05) is 48.0 Å². The van der Waals surface area contributed by atoms with Gasteiger partial charge in [-0.25, -0.2) is 19.2 Å². The molecule has 3 rings (SSSR count). The summed E-state index contributed by atoms with van der Waals surface area (Å²) >= 11 is 6.02. The molecular formula is C24H26ClF2N5O3. The van der Waals surface area contributed by atoms with E-state index < -0.39 is 18.5 Å². The number of aromatic nitrogens is 1. The van der Waals surface area contributed by atoms with Crippen LogP contribution in [0.25, 0.3) is 10.8 Å². The smallest absolute Gasteiger partial charge is 0.239 e. The monoisotopic (exact) mass is 505 g/mol. The average Bonchev–Trinajstić information content (AvgIpc) is 2.86. The zero-order chi connectivity index (χ0) is 25.2. The third kappa shape index (κ3) is 7.15. The predicted octanol–water partition coefficient (Wildman–Crippen LogP) is 3.40. The Labute approximate surface area is 206 Å². The minimum Gasteiger partial charge on any atom is -0.312 e. The van der Waals surface area contributed by atoms with Crippen molar-refractivity contribution in [3.05, 3.63) is 71.1 Å². The van der Waals surface area contributed by atoms with Crippen LogP contribution in [0.4, 0.5) is 14.6 Å². The first kappa shape index (κ1) is 26.4. The van der Waals surface area contributed by atoms with Gasteiger partial charge in [0.15, 0.2) is 5.82 Å². The van der Waals surface area contributed by atoms with Gasteiger partial charge in [0.1, 0.15) is 12.5 Å². The summed E-state index contributed by atoms with van der Waals surface area (Å²) in [6, 6.07) is 12.9. The van der Waals surface area contributed by atoms with E-state index in [0.717, 1.165) is 15.8 Å². The number of hydroxylamine groups is 1. The topological polar surface area (TPSA) is 86.8 Å². The van der Waals surface area contributed by atoms with Crippen LogP contribution in [0.1, 0.15) is 12.5 Å². The lowest BCUT2D eigenvalue weighted by molar-refractivity contribution is -0.137. The number of carbonyl (C=O) groups is 2. The molecule has 2 N–H and O–H groups in total. The molecule has 8 nitrogen and oxygen atoms in total. The first-order valence-electron chi connectivity index (χ1n) is 10.9. The Bertz CT molecular complexity index is 1150. The van der Waals surface area contributed by atoms with Gasteiger partial charge >= 0.3 is 0 Å². The molecule has 2 aromatic carbocycles. The fourth-order valence-electron chi connectivity index (χ4n) is 3.42. The zero-order valence-corrected chi connectivity index (χ0v) is 19.8. The molecule has 35 heavy (non-hydrogen) atoms. The molecule has 0 saturated carbocycles. The summed E-state index contributed by atoms with van der Waals surface area (Å²) in [4.78, 5) is 34.1. The lowest BCUT2D eigenvalue weighted by atomic mass is 10.2. The van der Waals surface area contributed by atoms with Crippen LogP contribution in [-0.2, 0) is 21.0 Å². The molecule has 0 bridgehead atoms. The Morgan fingerprint density at radius 3 is 2.71 bits per heavy atom. The highest BCUT2D eigenvalue weighted by Gasteiger charge is 2.24. The third-order valence-corrected chi connectivity index (χ3v) is 5.59. The van der Waals surface area contributed by atoms with E-state index in [-0.39, 0.29) is 43.0 Å². The maximum Gasteiger partial charge on any atom is 0.239 e. The second-order valence-corrected chi connectivity index (χ2v) is 7.98. The molecule has 0 saturated heterocycles. The molecule has 0 aliphatic carbocycles. The lowest BCUT2D eigenvalue weighted by Gasteiger charge is -2.32. The Morgan fingerprint density at radius 1 is 1.23 bits per heavy atom. The molecule has 3 aromatic rings. The fourth-order valence-corrected chi connectivity index (χ4v) is 3.62. The minimum absolute atomic E-state index is 0.0543. The number of benzene rings is 2. The van der Waals surface area contributed by atoms with Crippen LogP contribution >= 0.6 is 11.6 Å². The van der Waals surface area contributed by atoms with Crippen LogP contribution in [0.15, 0.2) is 54.7 Å². The lowest BCUT2D eigenvalue weighted by Crippen LogP contribution is -2.54. The first-order chi connectivity index (χ1) is 16.9. The number of anilines is 1. The van der Waals surface area contributed by atoms with Crippen molar-refractivity contribution in [3.8, 4) is 0 Å². The van der Waals surface area contributed by atoms with Crippen molar-refractivity contribution in [1.82, 2.24) is 20.7 Å². The normalized spacial score (nSPS) is 11.9. The highest BCUT2D eigenvalue weighted by molar-refractivity contribution is 6.31. The highest BCUT2D eigenvalue weighted by Crippen LogP contribution is 2.20. The first-order valence-corrected chi connectivity index (χ1v) is 11.3. The van der Waals surface area contributed by atoms with Crippen molar-refractivity contribution in [1.29, 1.82) is 0 Å². The molecule has 0 aliphatic heterocycles. The quantitative estimate of drug-likeness (QED) is 0.210. The third-order valence-electron chi connectivity index (χ3n) is 5.17. The molecular weight excluding hydrogens is 480 g/mol. The average molecular weight is 506 g/mol. The van der Waals surface area contributed by atoms with Crippen LogP contribution in [0.3, 0.4) is 0 Å². The maximum atomic E-state index is 13.8. The zero-order valence-electron chi connectivity index (χ0n) is 19.1. The van der Waals surface area contributed by atoms with Crippen molar-refractivity contribution in [2.45, 2.75) is 19.5 Å². The van der Waals surface area contributed by atoms with Gasteiger partial charge in [0.2, 0.25) is 12.3 Å². The summed E-state index contributed by atoms with van der Waals surface area (Å²) in [7, 11) is 0. The van der Waals surface area contributed by atoms with Gasteiger partial charge in [0.05, 0.1) is 17.7 Å². The number of pyridine rings is 1. The van der Waals surface area contributed by atoms with Crippen LogP contribution in [0.2, 0.25) is 5.02 Å². The van der Waals surface area contributed by atoms with E-state index in [4.69, 9.17) is 16.4 Å². The predicted molar refractivity (Wildman–Crippen MR) is 130 cm³/mol. The number of rotatable bonds is 13. The van der Waals surface area contributed by atoms with Crippen LogP contribution in [0.5, 0.6) is 0 Å². The molecule has 0 spiro atoms. The number of alkyl halides is 1. The number of fused-ring (bicyclic) bond motifs is 1. The van der Waals surface area contributed by atoms with Gasteiger partial charge in [-0.15, -0.1) is 0 Å². The number of hydrogen-bond donors (Lipinski definition) is 2. The van der Waals surface area contributed by atoms with Crippen LogP contribution in [0, 0.1) is 5.82 Å². The van der Waals surface area contributed by atoms with Gasteiger partial charge in [-0.3, -0.25) is 19.4 Å². The fraction of sp³-hybridized carbons (Fsp3) is 0.292. The number of amides is 2. The SMILES string of the molecule is CC(=O)N(NCc1cccc(F)c1Cl)[C@@H](CNCCF)CON(C=O)c1cc2ccccc2cn1. The Kier molecular flexibility index (Phi) is 9.86. The maximum absolute atomic E-state index is 13.8. The standard InChI is InChI=1S/C24H26ClF2N5O3/c1-17(34)32(30-13-20-7-4-8-22(27)24(20)25)21(14-28-10-9-26)15-35-31(16-33)23-11-18-5-2-3-6-19(18)12-29-23/h2-8,11-12,16,21,28,30H,9-10,13-15H2,1H3/t21-/m0/s1. The summed E-state index contributed by atoms with van der Waals surface area (Å²) in [5.41, 5.74) is 3.38. The molecule has 2 amide bonds. The van der Waals surface area contributed by atoms with Crippen molar-refractivity contribution >= 4 is 40.5 Å². The van der Waals surface area contributed by atoms with E-state index in [9.17, 15) is 18.4 Å². The summed E-state index contributed by atoms with van der Waals surface area (Å²) in [6.45, 7) is 0.897. The van der Waals surface area contributed by atoms with Crippen molar-refractivity contribution < 1.29 is 23.2 Å². The Hall–Kier alpha value is -3.18. The van der Waals surface area contributed by atoms with Crippen molar-refractivity contribution in [2.75, 3.05) is 31.4 Å². The number of nitrogens with one attached hydrogen (secondary N) is 2. The number of nitrogens with zero attached hydrogens (tertiary/aromatic N) is 3. The molecule has 1 heterocycles. The molecule has 186 valence electrons. The van der Waals surface area contributed by atoms with Crippen LogP contribution < -0.4 is 15.8 Å². The molecule has 0 unspecified atom stereocenters. The number of hydrogen-bond acceptors (Lipinski definition) is 6. The van der Waals surface area contributed by atoms with Crippen LogP contribution in [-0.4, -0.2) is 54.7 Å².